The Kier molecular flexibility index (Phi) is 4.56. The summed E-state index contributed by atoms with van der Waals surface area (Å²) in [6, 6.07) is 0. The second-order valence-electron chi connectivity index (χ2n) is 4.58. The lowest BCUT2D eigenvalue weighted by Crippen LogP contribution is -2.35. The number of aliphatic hydroxyl groups is 1. The number of hydrogen-bond acceptors (Lipinski definition) is 3. The van der Waals surface area contributed by atoms with Gasteiger partial charge in [-0.25, -0.2) is 0 Å². The van der Waals surface area contributed by atoms with Crippen molar-refractivity contribution in [2.24, 2.45) is 13.0 Å². The molecule has 108 valence electrons. The second-order valence-corrected chi connectivity index (χ2v) is 4.58. The van der Waals surface area contributed by atoms with Gasteiger partial charge in [0.2, 0.25) is 0 Å². The molecule has 0 aliphatic carbocycles. The van der Waals surface area contributed by atoms with Gasteiger partial charge in [0, 0.05) is 19.8 Å². The van der Waals surface area contributed by atoms with Gasteiger partial charge in [0.1, 0.15) is 0 Å². The van der Waals surface area contributed by atoms with E-state index in [1.807, 2.05) is 0 Å². The van der Waals surface area contributed by atoms with Crippen molar-refractivity contribution in [3.05, 3.63) is 17.5 Å². The van der Waals surface area contributed by atoms with Crippen LogP contribution in [0.15, 0.2) is 6.20 Å². The zero-order valence-electron chi connectivity index (χ0n) is 10.8. The van der Waals surface area contributed by atoms with Crippen LogP contribution in [0, 0.1) is 5.92 Å². The number of rotatable bonds is 4. The fraction of sp³-hybridized carbons (Fsp3) is 0.636. The maximum atomic E-state index is 12.6. The predicted octanol–water partition coefficient (Wildman–Crippen LogP) is 1.19. The van der Waals surface area contributed by atoms with Crippen LogP contribution < -0.4 is 5.32 Å². The first-order chi connectivity index (χ1) is 8.62. The van der Waals surface area contributed by atoms with Crippen LogP contribution in [0.25, 0.3) is 0 Å². The van der Waals surface area contributed by atoms with Crippen molar-refractivity contribution in [2.75, 3.05) is 6.54 Å². The minimum Gasteiger partial charge on any atom is -0.391 e. The van der Waals surface area contributed by atoms with E-state index in [-0.39, 0.29) is 12.5 Å². The molecule has 1 atom stereocenters. The van der Waals surface area contributed by atoms with E-state index in [4.69, 9.17) is 0 Å². The zero-order valence-corrected chi connectivity index (χ0v) is 10.8. The molecule has 1 amide bonds. The van der Waals surface area contributed by atoms with E-state index >= 15 is 0 Å². The number of amides is 1. The van der Waals surface area contributed by atoms with Gasteiger partial charge in [-0.2, -0.15) is 18.3 Å². The summed E-state index contributed by atoms with van der Waals surface area (Å²) in [6.45, 7) is 3.37. The van der Waals surface area contributed by atoms with E-state index < -0.39 is 29.4 Å². The average Bonchev–Trinajstić information content (AvgIpc) is 2.67. The highest BCUT2D eigenvalue weighted by Crippen LogP contribution is 2.30. The summed E-state index contributed by atoms with van der Waals surface area (Å²) < 4.78 is 38.9. The number of aromatic nitrogens is 2. The van der Waals surface area contributed by atoms with E-state index in [1.54, 1.807) is 13.8 Å². The number of aryl methyl sites for hydroxylation is 1. The van der Waals surface area contributed by atoms with Crippen molar-refractivity contribution in [1.82, 2.24) is 15.1 Å². The number of alkyl halides is 3. The third-order valence-corrected chi connectivity index (χ3v) is 2.58. The zero-order chi connectivity index (χ0) is 14.8. The molecule has 2 N–H and O–H groups in total. The molecule has 0 bridgehead atoms. The van der Waals surface area contributed by atoms with Crippen LogP contribution in [0.3, 0.4) is 0 Å². The second kappa shape index (κ2) is 5.60. The molecule has 1 unspecified atom stereocenters. The van der Waals surface area contributed by atoms with Crippen molar-refractivity contribution in [3.8, 4) is 0 Å². The van der Waals surface area contributed by atoms with Crippen LogP contribution >= 0.6 is 0 Å². The van der Waals surface area contributed by atoms with Crippen LogP contribution in [0.1, 0.15) is 29.9 Å². The van der Waals surface area contributed by atoms with Gasteiger partial charge in [0.25, 0.3) is 5.91 Å². The molecule has 1 heterocycles. The van der Waals surface area contributed by atoms with Crippen LogP contribution in [-0.4, -0.2) is 33.4 Å². The number of nitrogens with zero attached hydrogens (tertiary/aromatic N) is 2. The summed E-state index contributed by atoms with van der Waals surface area (Å²) in [5.41, 5.74) is -1.78. The van der Waals surface area contributed by atoms with Gasteiger partial charge in [-0.3, -0.25) is 9.48 Å². The lowest BCUT2D eigenvalue weighted by atomic mass is 10.1. The Balaban J connectivity index is 2.83. The number of hydrogen-bond donors (Lipinski definition) is 2. The molecule has 1 rings (SSSR count). The van der Waals surface area contributed by atoms with Crippen molar-refractivity contribution < 1.29 is 23.1 Å². The molecule has 0 aliphatic rings. The van der Waals surface area contributed by atoms with E-state index in [9.17, 15) is 23.1 Å². The van der Waals surface area contributed by atoms with Gasteiger partial charge >= 0.3 is 6.18 Å². The number of carbonyl (C=O) groups excluding carboxylic acids is 1. The number of aliphatic hydroxyl groups excluding tert-OH is 1. The molecular weight excluding hydrogens is 263 g/mol. The Morgan fingerprint density at radius 3 is 2.58 bits per heavy atom. The third kappa shape index (κ3) is 3.95. The van der Waals surface area contributed by atoms with Gasteiger partial charge in [0.15, 0.2) is 5.69 Å². The molecule has 0 fully saturated rings. The Labute approximate surface area is 108 Å². The van der Waals surface area contributed by atoms with E-state index in [0.29, 0.717) is 0 Å². The first-order valence-corrected chi connectivity index (χ1v) is 5.70. The highest BCUT2D eigenvalue weighted by Gasteiger charge is 2.38. The highest BCUT2D eigenvalue weighted by molar-refractivity contribution is 5.95. The molecule has 0 saturated carbocycles. The quantitative estimate of drug-likeness (QED) is 0.870. The summed E-state index contributed by atoms with van der Waals surface area (Å²) >= 11 is 0. The minimum absolute atomic E-state index is 0.101. The topological polar surface area (TPSA) is 67.2 Å². The molecule has 5 nitrogen and oxygen atoms in total. The first-order valence-electron chi connectivity index (χ1n) is 5.70. The fourth-order valence-corrected chi connectivity index (χ4v) is 1.39. The van der Waals surface area contributed by atoms with Gasteiger partial charge in [-0.05, 0) is 5.92 Å². The fourth-order valence-electron chi connectivity index (χ4n) is 1.39. The molecule has 0 saturated heterocycles. The molecule has 19 heavy (non-hydrogen) atoms. The minimum atomic E-state index is -4.69. The maximum Gasteiger partial charge on any atom is 0.435 e. The van der Waals surface area contributed by atoms with Crippen molar-refractivity contribution >= 4 is 5.91 Å². The van der Waals surface area contributed by atoms with Crippen LogP contribution in [0.4, 0.5) is 13.2 Å². The summed E-state index contributed by atoms with van der Waals surface area (Å²) in [5.74, 6) is -1.00. The molecule has 1 aromatic rings. The Morgan fingerprint density at radius 2 is 2.11 bits per heavy atom. The van der Waals surface area contributed by atoms with Crippen molar-refractivity contribution in [3.63, 3.8) is 0 Å². The molecule has 0 aliphatic heterocycles. The van der Waals surface area contributed by atoms with E-state index in [1.165, 1.54) is 7.05 Å². The monoisotopic (exact) mass is 279 g/mol. The van der Waals surface area contributed by atoms with Crippen molar-refractivity contribution in [1.29, 1.82) is 0 Å². The average molecular weight is 279 g/mol. The predicted molar refractivity (Wildman–Crippen MR) is 61.4 cm³/mol. The number of carbonyl (C=O) groups is 1. The SMILES string of the molecule is CC(C)C(O)CNC(=O)c1cn(C)nc1C(F)(F)F. The molecule has 0 aromatic carbocycles. The number of halogens is 3. The van der Waals surface area contributed by atoms with Gasteiger partial charge in [-0.15, -0.1) is 0 Å². The van der Waals surface area contributed by atoms with Gasteiger partial charge in [0.05, 0.1) is 11.7 Å². The van der Waals surface area contributed by atoms with Crippen molar-refractivity contribution in [2.45, 2.75) is 26.1 Å². The molecular formula is C11H16F3N3O2. The third-order valence-electron chi connectivity index (χ3n) is 2.58. The van der Waals surface area contributed by atoms with Crippen LogP contribution in [-0.2, 0) is 13.2 Å². The maximum absolute atomic E-state index is 12.6. The lowest BCUT2D eigenvalue weighted by molar-refractivity contribution is -0.141. The highest BCUT2D eigenvalue weighted by atomic mass is 19.4. The Morgan fingerprint density at radius 1 is 1.53 bits per heavy atom. The summed E-state index contributed by atoms with van der Waals surface area (Å²) in [7, 11) is 1.30. The summed E-state index contributed by atoms with van der Waals surface area (Å²) in [5, 5.41) is 15.0. The normalized spacial score (nSPS) is 13.7. The molecule has 1 aromatic heterocycles. The summed E-state index contributed by atoms with van der Waals surface area (Å²) in [6.07, 6.45) is -4.50. The molecule has 0 radical (unpaired) electrons. The largest absolute Gasteiger partial charge is 0.435 e. The van der Waals surface area contributed by atoms with E-state index in [0.717, 1.165) is 10.9 Å². The van der Waals surface area contributed by atoms with Crippen LogP contribution in [0.2, 0.25) is 0 Å². The smallest absolute Gasteiger partial charge is 0.391 e. The molecule has 0 spiro atoms. The Hall–Kier alpha value is -1.57. The first kappa shape index (κ1) is 15.5. The number of nitrogens with one attached hydrogen (secondary N) is 1. The standard InChI is InChI=1S/C11H16F3N3O2/c1-6(2)8(18)4-15-10(19)7-5-17(3)16-9(7)11(12,13)14/h5-6,8,18H,4H2,1-3H3,(H,15,19). The van der Waals surface area contributed by atoms with E-state index in [2.05, 4.69) is 10.4 Å². The van der Waals surface area contributed by atoms with Gasteiger partial charge in [-0.1, -0.05) is 13.8 Å². The Bertz CT molecular complexity index is 455. The van der Waals surface area contributed by atoms with Crippen LogP contribution in [0.5, 0.6) is 0 Å². The lowest BCUT2D eigenvalue weighted by Gasteiger charge is -2.15. The van der Waals surface area contributed by atoms with Gasteiger partial charge < -0.3 is 10.4 Å². The summed E-state index contributed by atoms with van der Waals surface area (Å²) in [4.78, 5) is 11.7. The molecule has 8 heteroatoms.